The van der Waals surface area contributed by atoms with E-state index in [9.17, 15) is 9.59 Å². The highest BCUT2D eigenvalue weighted by Gasteiger charge is 2.16. The second-order valence-electron chi connectivity index (χ2n) is 5.24. The van der Waals surface area contributed by atoms with E-state index in [0.717, 1.165) is 11.3 Å². The minimum atomic E-state index is -0.618. The number of nitrogens with one attached hydrogen (secondary N) is 1. The van der Waals surface area contributed by atoms with Crippen LogP contribution in [0.1, 0.15) is 16.1 Å². The Morgan fingerprint density at radius 1 is 1.31 bits per heavy atom. The molecule has 0 aliphatic rings. The molecule has 1 aromatic carbocycles. The van der Waals surface area contributed by atoms with Gasteiger partial charge >= 0.3 is 0 Å². The number of aryl methyl sites for hydroxylation is 1. The van der Waals surface area contributed by atoms with Gasteiger partial charge in [-0.25, -0.2) is 4.68 Å². The Balaban J connectivity index is 1.81. The third-order valence-electron chi connectivity index (χ3n) is 3.27. The predicted molar refractivity (Wildman–Crippen MR) is 103 cm³/mol. The molecular weight excluding hydrogens is 370 g/mol. The van der Waals surface area contributed by atoms with Crippen molar-refractivity contribution in [2.45, 2.75) is 11.3 Å². The number of anilines is 1. The summed E-state index contributed by atoms with van der Waals surface area (Å²) in [5.41, 5.74) is 1.19. The van der Waals surface area contributed by atoms with E-state index in [2.05, 4.69) is 27.2 Å². The van der Waals surface area contributed by atoms with E-state index in [4.69, 9.17) is 0 Å². The molecule has 0 aliphatic heterocycles. The quantitative estimate of drug-likeness (QED) is 0.399. The summed E-state index contributed by atoms with van der Waals surface area (Å²) in [5, 5.41) is 14.9. The number of rotatable bonds is 6. The second-order valence-corrected chi connectivity index (χ2v) is 7.48. The first-order valence-corrected chi connectivity index (χ1v) is 9.42. The Morgan fingerprint density at radius 3 is 2.81 bits per heavy atom. The molecule has 0 aliphatic carbocycles. The molecule has 3 aromatic rings. The van der Waals surface area contributed by atoms with E-state index in [0.29, 0.717) is 15.2 Å². The van der Waals surface area contributed by atoms with Crippen molar-refractivity contribution in [2.75, 3.05) is 11.1 Å². The van der Waals surface area contributed by atoms with Gasteiger partial charge in [0.05, 0.1) is 5.69 Å². The number of carbonyl (C=O) groups is 1. The zero-order valence-electron chi connectivity index (χ0n) is 13.9. The molecule has 0 unspecified atom stereocenters. The molecule has 132 valence electrons. The summed E-state index contributed by atoms with van der Waals surface area (Å²) in [7, 11) is 0. The number of hydrogen-bond donors (Lipinski definition) is 1. The molecule has 7 nitrogen and oxygen atoms in total. The molecule has 1 amide bonds. The molecule has 0 radical (unpaired) electrons. The first-order chi connectivity index (χ1) is 12.6. The lowest BCUT2D eigenvalue weighted by Crippen LogP contribution is -2.25. The van der Waals surface area contributed by atoms with Crippen LogP contribution in [0.3, 0.4) is 0 Å². The van der Waals surface area contributed by atoms with Gasteiger partial charge in [0, 0.05) is 18.0 Å². The zero-order chi connectivity index (χ0) is 18.5. The molecule has 2 heterocycles. The first-order valence-electron chi connectivity index (χ1n) is 7.62. The van der Waals surface area contributed by atoms with Crippen LogP contribution in [0.5, 0.6) is 0 Å². The van der Waals surface area contributed by atoms with Crippen molar-refractivity contribution in [3.05, 3.63) is 70.7 Å². The molecule has 3 rings (SSSR count). The van der Waals surface area contributed by atoms with Crippen LogP contribution in [0.4, 0.5) is 5.13 Å². The van der Waals surface area contributed by atoms with Crippen LogP contribution in [0.2, 0.25) is 0 Å². The Hall–Kier alpha value is -2.78. The monoisotopic (exact) mass is 385 g/mol. The van der Waals surface area contributed by atoms with Crippen LogP contribution in [0.25, 0.3) is 5.69 Å². The molecule has 0 saturated carbocycles. The van der Waals surface area contributed by atoms with Gasteiger partial charge in [0.1, 0.15) is 0 Å². The number of nitrogens with zero attached hydrogens (tertiary/aromatic N) is 4. The van der Waals surface area contributed by atoms with Crippen molar-refractivity contribution >= 4 is 34.1 Å². The standard InChI is InChI=1S/C17H15N5O2S2/c1-3-10-25-17-20-19-16(26-17)18-15(24)14-13(23)8-9-22(21-14)12-6-4-11(2)5-7-12/h3-9H,1,10H2,2H3,(H,18,19,24). The smallest absolute Gasteiger partial charge is 0.282 e. The molecule has 0 bridgehead atoms. The second kappa shape index (κ2) is 8.07. The Kier molecular flexibility index (Phi) is 5.59. The van der Waals surface area contributed by atoms with Crippen LogP contribution in [0, 0.1) is 6.92 Å². The SMILES string of the molecule is C=CCSc1nnc(NC(=O)c2nn(-c3ccc(C)cc3)ccc2=O)s1. The number of amides is 1. The van der Waals surface area contributed by atoms with E-state index in [1.54, 1.807) is 6.08 Å². The fourth-order valence-corrected chi connectivity index (χ4v) is 3.52. The third kappa shape index (κ3) is 4.24. The van der Waals surface area contributed by atoms with E-state index >= 15 is 0 Å². The number of carbonyl (C=O) groups excluding carboxylic acids is 1. The Morgan fingerprint density at radius 2 is 2.08 bits per heavy atom. The average Bonchev–Trinajstić information content (AvgIpc) is 3.08. The number of aromatic nitrogens is 4. The largest absolute Gasteiger partial charge is 0.295 e. The van der Waals surface area contributed by atoms with Gasteiger partial charge in [-0.3, -0.25) is 14.9 Å². The molecule has 1 N–H and O–H groups in total. The molecule has 26 heavy (non-hydrogen) atoms. The van der Waals surface area contributed by atoms with E-state index in [1.807, 2.05) is 31.2 Å². The fourth-order valence-electron chi connectivity index (χ4n) is 2.01. The van der Waals surface area contributed by atoms with Crippen LogP contribution in [-0.4, -0.2) is 31.6 Å². The third-order valence-corrected chi connectivity index (χ3v) is 5.24. The minimum Gasteiger partial charge on any atom is -0.295 e. The topological polar surface area (TPSA) is 89.8 Å². The number of hydrogen-bond acceptors (Lipinski definition) is 7. The maximum absolute atomic E-state index is 12.4. The normalized spacial score (nSPS) is 10.5. The Bertz CT molecular complexity index is 995. The van der Waals surface area contributed by atoms with Crippen molar-refractivity contribution in [3.63, 3.8) is 0 Å². The molecule has 9 heteroatoms. The number of thioether (sulfide) groups is 1. The lowest BCUT2D eigenvalue weighted by atomic mass is 10.2. The van der Waals surface area contributed by atoms with Crippen LogP contribution in [-0.2, 0) is 0 Å². The molecular formula is C17H15N5O2S2. The highest BCUT2D eigenvalue weighted by molar-refractivity contribution is 8.01. The summed E-state index contributed by atoms with van der Waals surface area (Å²) < 4.78 is 2.19. The maximum Gasteiger partial charge on any atom is 0.282 e. The summed E-state index contributed by atoms with van der Waals surface area (Å²) in [6, 6.07) is 8.90. The summed E-state index contributed by atoms with van der Waals surface area (Å²) in [6.07, 6.45) is 3.28. The van der Waals surface area contributed by atoms with Gasteiger partial charge in [-0.2, -0.15) is 5.10 Å². The molecule has 0 fully saturated rings. The molecule has 0 atom stereocenters. The highest BCUT2D eigenvalue weighted by Crippen LogP contribution is 2.25. The molecule has 2 aromatic heterocycles. The lowest BCUT2D eigenvalue weighted by molar-refractivity contribution is 0.101. The van der Waals surface area contributed by atoms with Crippen LogP contribution in [0.15, 0.2) is 58.3 Å². The summed E-state index contributed by atoms with van der Waals surface area (Å²) in [4.78, 5) is 24.5. The zero-order valence-corrected chi connectivity index (χ0v) is 15.5. The van der Waals surface area contributed by atoms with Crippen molar-refractivity contribution in [1.82, 2.24) is 20.0 Å². The summed E-state index contributed by atoms with van der Waals surface area (Å²) >= 11 is 2.69. The number of benzene rings is 1. The van der Waals surface area contributed by atoms with Crippen molar-refractivity contribution in [2.24, 2.45) is 0 Å². The van der Waals surface area contributed by atoms with Gasteiger partial charge in [-0.1, -0.05) is 46.9 Å². The van der Waals surface area contributed by atoms with Gasteiger partial charge in [0.2, 0.25) is 10.6 Å². The molecule has 0 saturated heterocycles. The van der Waals surface area contributed by atoms with Crippen molar-refractivity contribution in [3.8, 4) is 5.69 Å². The van der Waals surface area contributed by atoms with Gasteiger partial charge in [0.15, 0.2) is 10.0 Å². The first kappa shape index (κ1) is 18.0. The van der Waals surface area contributed by atoms with E-state index in [-0.39, 0.29) is 5.69 Å². The van der Waals surface area contributed by atoms with Gasteiger partial charge in [0.25, 0.3) is 5.91 Å². The van der Waals surface area contributed by atoms with Gasteiger partial charge < -0.3 is 0 Å². The minimum absolute atomic E-state index is 0.205. The average molecular weight is 385 g/mol. The predicted octanol–water partition coefficient (Wildman–Crippen LogP) is 2.92. The van der Waals surface area contributed by atoms with Crippen LogP contribution >= 0.6 is 23.1 Å². The molecule has 0 spiro atoms. The van der Waals surface area contributed by atoms with Crippen LogP contribution < -0.4 is 10.7 Å². The fraction of sp³-hybridized carbons (Fsp3) is 0.118. The summed E-state index contributed by atoms with van der Waals surface area (Å²) in [6.45, 7) is 5.62. The van der Waals surface area contributed by atoms with Crippen molar-refractivity contribution < 1.29 is 4.79 Å². The highest BCUT2D eigenvalue weighted by atomic mass is 32.2. The van der Waals surface area contributed by atoms with E-state index in [1.165, 1.54) is 40.0 Å². The Labute approximate surface area is 157 Å². The summed E-state index contributed by atoms with van der Waals surface area (Å²) in [5.74, 6) is 0.0808. The lowest BCUT2D eigenvalue weighted by Gasteiger charge is -2.07. The van der Waals surface area contributed by atoms with Gasteiger partial charge in [-0.15, -0.1) is 16.8 Å². The van der Waals surface area contributed by atoms with Crippen molar-refractivity contribution in [1.29, 1.82) is 0 Å². The van der Waals surface area contributed by atoms with Gasteiger partial charge in [-0.05, 0) is 19.1 Å². The maximum atomic E-state index is 12.4. The van der Waals surface area contributed by atoms with E-state index < -0.39 is 11.3 Å².